The number of ether oxygens (including phenoxy) is 1. The zero-order chi connectivity index (χ0) is 44.0. The Morgan fingerprint density at radius 1 is 0.644 bits per heavy atom. The van der Waals surface area contributed by atoms with Crippen molar-refractivity contribution in [1.29, 1.82) is 0 Å². The first kappa shape index (κ1) is 38.2. The molecule has 6 nitrogen and oxygen atoms in total. The molecule has 0 aliphatic heterocycles. The van der Waals surface area contributed by atoms with E-state index >= 15 is 0 Å². The molecule has 0 radical (unpaired) electrons. The predicted molar refractivity (Wildman–Crippen MR) is 237 cm³/mol. The Balaban J connectivity index is 0.00000578. The topological polar surface area (TPSA) is 48.8 Å². The molecular formula is C52H55N5OPt-2. The number of rotatable bonds is 5. The largest absolute Gasteiger partial charge is 0.508 e. The van der Waals surface area contributed by atoms with Gasteiger partial charge in [-0.15, -0.1) is 23.6 Å². The smallest absolute Gasteiger partial charge is 0.268 e. The van der Waals surface area contributed by atoms with Crippen LogP contribution in [0.15, 0.2) is 97.3 Å². The molecule has 0 spiro atoms. The van der Waals surface area contributed by atoms with Crippen LogP contribution in [0.3, 0.4) is 0 Å². The minimum absolute atomic E-state index is 0. The Kier molecular flexibility index (Phi) is 9.63. The fraction of sp³-hybridized carbons (Fsp3) is 0.327. The van der Waals surface area contributed by atoms with Gasteiger partial charge in [0.25, 0.3) is 6.33 Å². The number of pyridine rings is 2. The van der Waals surface area contributed by atoms with E-state index in [2.05, 4.69) is 170 Å². The van der Waals surface area contributed by atoms with E-state index in [1.54, 1.807) is 0 Å². The van der Waals surface area contributed by atoms with Crippen LogP contribution in [0.1, 0.15) is 115 Å². The normalized spacial score (nSPS) is 13.7. The number of benzene rings is 4. The van der Waals surface area contributed by atoms with Crippen molar-refractivity contribution in [1.82, 2.24) is 19.1 Å². The predicted octanol–water partition coefficient (Wildman–Crippen LogP) is 12.5. The van der Waals surface area contributed by atoms with Crippen molar-refractivity contribution in [2.45, 2.75) is 112 Å². The SMILES string of the molecule is [2H]C([2H])([2H])c1ncc(-n2[c-][n+](-c3cc(C(C)(C)C)cc(C(C)(C)C)c3)c3ccccc32)[c-]c1Oc1[c-]c2c(cc1)c1ccc(C(C)(C)C)cc1n2-c1cc(C(C)(C)C)ccn1.[Pt]. The van der Waals surface area contributed by atoms with Gasteiger partial charge in [-0.2, -0.15) is 6.07 Å². The summed E-state index contributed by atoms with van der Waals surface area (Å²) in [5, 5.41) is 2.03. The zero-order valence-corrected chi connectivity index (χ0v) is 38.5. The van der Waals surface area contributed by atoms with Gasteiger partial charge < -0.3 is 18.9 Å². The first-order valence-electron chi connectivity index (χ1n) is 21.6. The summed E-state index contributed by atoms with van der Waals surface area (Å²) in [4.78, 5) is 9.41. The molecule has 0 saturated heterocycles. The fourth-order valence-corrected chi connectivity index (χ4v) is 7.42. The van der Waals surface area contributed by atoms with Gasteiger partial charge in [0.2, 0.25) is 0 Å². The molecule has 0 aliphatic rings. The third-order valence-corrected chi connectivity index (χ3v) is 11.1. The first-order chi connectivity index (χ1) is 28.4. The Labute approximate surface area is 368 Å². The molecule has 0 amide bonds. The second-order valence-electron chi connectivity index (χ2n) is 19.6. The van der Waals surface area contributed by atoms with Crippen molar-refractivity contribution < 1.29 is 34.5 Å². The number of fused-ring (bicyclic) bond motifs is 4. The monoisotopic (exact) mass is 963 g/mol. The molecule has 0 N–H and O–H groups in total. The van der Waals surface area contributed by atoms with Gasteiger partial charge in [-0.3, -0.25) is 4.57 Å². The molecule has 0 aliphatic carbocycles. The Bertz CT molecular complexity index is 2950. The molecule has 8 aromatic rings. The van der Waals surface area contributed by atoms with Gasteiger partial charge in [0.05, 0.1) is 16.7 Å². The molecule has 0 bridgehead atoms. The van der Waals surface area contributed by atoms with Crippen LogP contribution in [0.2, 0.25) is 0 Å². The van der Waals surface area contributed by atoms with Crippen molar-refractivity contribution >= 4 is 32.8 Å². The second kappa shape index (κ2) is 14.9. The molecule has 0 unspecified atom stereocenters. The molecule has 0 saturated carbocycles. The summed E-state index contributed by atoms with van der Waals surface area (Å²) in [5.74, 6) is 1.07. The third kappa shape index (κ3) is 8.01. The summed E-state index contributed by atoms with van der Waals surface area (Å²) in [6.45, 7) is 24.0. The van der Waals surface area contributed by atoms with Gasteiger partial charge in [0.15, 0.2) is 0 Å². The maximum Gasteiger partial charge on any atom is 0.268 e. The van der Waals surface area contributed by atoms with Gasteiger partial charge in [0.1, 0.15) is 5.82 Å². The fourth-order valence-electron chi connectivity index (χ4n) is 7.42. The van der Waals surface area contributed by atoms with E-state index in [1.165, 1.54) is 22.9 Å². The molecule has 4 aromatic heterocycles. The number of hydrogen-bond donors (Lipinski definition) is 0. The van der Waals surface area contributed by atoms with Crippen molar-refractivity contribution in [3.63, 3.8) is 0 Å². The van der Waals surface area contributed by atoms with Crippen LogP contribution in [-0.2, 0) is 42.7 Å². The average Bonchev–Trinajstić information content (AvgIpc) is 3.72. The number of hydrogen-bond acceptors (Lipinski definition) is 3. The van der Waals surface area contributed by atoms with Crippen molar-refractivity contribution in [3.8, 4) is 28.7 Å². The number of para-hydroxylation sites is 2. The summed E-state index contributed by atoms with van der Waals surface area (Å²) in [5.41, 5.74) is 9.24. The summed E-state index contributed by atoms with van der Waals surface area (Å²) >= 11 is 0. The minimum atomic E-state index is -2.58. The molecule has 4 aromatic carbocycles. The molecule has 306 valence electrons. The standard InChI is InChI=1S/C52H55N5O.Pt/c1-33-47(29-39(31-54-33)56-32-55(43-16-14-15-17-44(43)56)38-25-36(51(8,9)10)24-37(26-38)52(11,12)13)58-40-19-21-42-41-20-18-34(49(2,3)4)27-45(41)57(46(42)30-40)48-28-35(22-23-53-48)50(5,6)7;/h14-28,31H,1-13H3;/q-2;/i1D3;. The molecular weight excluding hydrogens is 906 g/mol. The third-order valence-electron chi connectivity index (χ3n) is 11.1. The van der Waals surface area contributed by atoms with E-state index in [0.717, 1.165) is 49.9 Å². The number of aryl methyl sites for hydroxylation is 1. The molecule has 8 rings (SSSR count). The molecule has 7 heteroatoms. The maximum absolute atomic E-state index is 8.46. The van der Waals surface area contributed by atoms with E-state index in [4.69, 9.17) is 13.8 Å². The summed E-state index contributed by atoms with van der Waals surface area (Å²) in [6, 6.07) is 36.2. The maximum atomic E-state index is 8.46. The molecule has 0 fully saturated rings. The van der Waals surface area contributed by atoms with Crippen molar-refractivity contribution in [2.24, 2.45) is 0 Å². The van der Waals surface area contributed by atoms with Crippen LogP contribution in [0, 0.1) is 25.3 Å². The number of nitrogens with zero attached hydrogens (tertiary/aromatic N) is 5. The zero-order valence-electron chi connectivity index (χ0n) is 39.2. The van der Waals surface area contributed by atoms with Gasteiger partial charge in [-0.05, 0) is 91.0 Å². The minimum Gasteiger partial charge on any atom is -0.508 e. The van der Waals surface area contributed by atoms with Gasteiger partial charge in [-0.1, -0.05) is 144 Å². The summed E-state index contributed by atoms with van der Waals surface area (Å²) in [6.07, 6.45) is 6.95. The Hall–Kier alpha value is -5.06. The van der Waals surface area contributed by atoms with Crippen LogP contribution in [0.4, 0.5) is 0 Å². The van der Waals surface area contributed by atoms with Crippen LogP contribution in [0.5, 0.6) is 11.5 Å². The van der Waals surface area contributed by atoms with Crippen LogP contribution < -0.4 is 9.30 Å². The summed E-state index contributed by atoms with van der Waals surface area (Å²) in [7, 11) is 0. The molecule has 0 atom stereocenters. The molecule has 4 heterocycles. The first-order valence-corrected chi connectivity index (χ1v) is 20.1. The Morgan fingerprint density at radius 2 is 1.29 bits per heavy atom. The van der Waals surface area contributed by atoms with E-state index < -0.39 is 6.85 Å². The Morgan fingerprint density at radius 3 is 1.95 bits per heavy atom. The van der Waals surface area contributed by atoms with Crippen LogP contribution >= 0.6 is 0 Å². The number of aromatic nitrogens is 5. The van der Waals surface area contributed by atoms with Gasteiger partial charge in [-0.25, -0.2) is 4.98 Å². The van der Waals surface area contributed by atoms with Crippen LogP contribution in [-0.4, -0.2) is 19.1 Å². The van der Waals surface area contributed by atoms with E-state index in [-0.39, 0.29) is 54.2 Å². The van der Waals surface area contributed by atoms with Crippen LogP contribution in [0.25, 0.3) is 50.0 Å². The number of imidazole rings is 1. The van der Waals surface area contributed by atoms with E-state index in [0.29, 0.717) is 11.4 Å². The van der Waals surface area contributed by atoms with Gasteiger partial charge in [0, 0.05) is 48.4 Å². The van der Waals surface area contributed by atoms with E-state index in [1.807, 2.05) is 41.1 Å². The van der Waals surface area contributed by atoms with Crippen molar-refractivity contribution in [2.75, 3.05) is 0 Å². The van der Waals surface area contributed by atoms with E-state index in [9.17, 15) is 0 Å². The summed E-state index contributed by atoms with van der Waals surface area (Å²) < 4.78 is 38.0. The quantitative estimate of drug-likeness (QED) is 0.128. The van der Waals surface area contributed by atoms with Gasteiger partial charge >= 0.3 is 0 Å². The second-order valence-corrected chi connectivity index (χ2v) is 19.6. The molecule has 59 heavy (non-hydrogen) atoms. The van der Waals surface area contributed by atoms with Crippen molar-refractivity contribution in [3.05, 3.63) is 144 Å². The average molecular weight is 964 g/mol.